The van der Waals surface area contributed by atoms with E-state index in [4.69, 9.17) is 65.4 Å². The Kier molecular flexibility index (Phi) is 24.2. The molecule has 0 aliphatic carbocycles. The van der Waals surface area contributed by atoms with E-state index < -0.39 is 0 Å². The molecule has 6 rings (SSSR count). The molecule has 0 bridgehead atoms. The van der Waals surface area contributed by atoms with Crippen LogP contribution in [-0.2, 0) is 41.5 Å². The number of anilines is 4. The SMILES string of the molecule is O=C(CCCCCCCCC(=O)OCN1C(=O)CCc2ccc(OCCCCNCCNc3cccc(Cl)c3Cl)cc21)OCN1C(=O)CCc2ccc(OCCCCNCCNc3cccc(Cl)c3Cl)cc21. The molecule has 0 radical (unpaired) electrons. The number of amides is 2. The normalized spacial score (nSPS) is 13.1. The Morgan fingerprint density at radius 1 is 0.486 bits per heavy atom. The van der Waals surface area contributed by atoms with Crippen molar-refractivity contribution in [3.63, 3.8) is 0 Å². The average Bonchev–Trinajstić information content (AvgIpc) is 3.37. The van der Waals surface area contributed by atoms with Crippen LogP contribution in [0, 0.1) is 0 Å². The van der Waals surface area contributed by atoms with E-state index in [0.29, 0.717) is 96.4 Å². The van der Waals surface area contributed by atoms with Crippen molar-refractivity contribution in [2.45, 2.75) is 103 Å². The summed E-state index contributed by atoms with van der Waals surface area (Å²) in [5.41, 5.74) is 5.09. The number of carbonyl (C=O) groups is 4. The summed E-state index contributed by atoms with van der Waals surface area (Å²) in [6.07, 6.45) is 10.9. The van der Waals surface area contributed by atoms with Gasteiger partial charge in [-0.15, -0.1) is 0 Å². The van der Waals surface area contributed by atoms with Gasteiger partial charge in [0.05, 0.1) is 56.1 Å². The average molecular weight is 1070 g/mol. The Morgan fingerprint density at radius 3 is 1.36 bits per heavy atom. The molecule has 0 unspecified atom stereocenters. The number of hydrogen-bond acceptors (Lipinski definition) is 12. The molecule has 0 fully saturated rings. The number of unbranched alkanes of at least 4 members (excludes halogenated alkanes) is 7. The maximum absolute atomic E-state index is 12.9. The molecule has 0 saturated heterocycles. The van der Waals surface area contributed by atoms with E-state index in [0.717, 1.165) is 111 Å². The predicted octanol–water partition coefficient (Wildman–Crippen LogP) is 11.4. The van der Waals surface area contributed by atoms with Gasteiger partial charge >= 0.3 is 11.9 Å². The van der Waals surface area contributed by atoms with Gasteiger partial charge in [-0.1, -0.05) is 96.4 Å². The second kappa shape index (κ2) is 30.9. The minimum absolute atomic E-state index is 0.0883. The van der Waals surface area contributed by atoms with E-state index in [1.165, 1.54) is 9.80 Å². The summed E-state index contributed by atoms with van der Waals surface area (Å²) < 4.78 is 23.2. The van der Waals surface area contributed by atoms with Crippen LogP contribution < -0.4 is 40.5 Å². The zero-order valence-corrected chi connectivity index (χ0v) is 44.0. The number of rotatable bonds is 33. The number of ether oxygens (including phenoxy) is 4. The number of fused-ring (bicyclic) bond motifs is 2. The second-order valence-electron chi connectivity index (χ2n) is 17.8. The van der Waals surface area contributed by atoms with Gasteiger partial charge in [-0.25, -0.2) is 0 Å². The van der Waals surface area contributed by atoms with Crippen LogP contribution >= 0.6 is 46.4 Å². The summed E-state index contributed by atoms with van der Waals surface area (Å²) in [6, 6.07) is 22.6. The molecule has 0 atom stereocenters. The van der Waals surface area contributed by atoms with Gasteiger partial charge in [-0.05, 0) is 112 Å². The van der Waals surface area contributed by atoms with E-state index in [2.05, 4.69) is 21.3 Å². The highest BCUT2D eigenvalue weighted by molar-refractivity contribution is 6.44. The molecule has 4 aromatic carbocycles. The molecule has 14 nitrogen and oxygen atoms in total. The van der Waals surface area contributed by atoms with Crippen molar-refractivity contribution in [3.05, 3.63) is 104 Å². The number of benzene rings is 4. The van der Waals surface area contributed by atoms with Gasteiger partial charge in [0.15, 0.2) is 13.5 Å². The molecular formula is C54H68Cl4N6O8. The van der Waals surface area contributed by atoms with Crippen molar-refractivity contribution in [2.24, 2.45) is 0 Å². The predicted molar refractivity (Wildman–Crippen MR) is 288 cm³/mol. The van der Waals surface area contributed by atoms with Gasteiger partial charge in [0.2, 0.25) is 11.8 Å². The van der Waals surface area contributed by atoms with Crippen LogP contribution in [0.25, 0.3) is 0 Å². The van der Waals surface area contributed by atoms with Gasteiger partial charge in [0.25, 0.3) is 0 Å². The van der Waals surface area contributed by atoms with Crippen LogP contribution in [0.15, 0.2) is 72.8 Å². The topological polar surface area (TPSA) is 160 Å². The van der Waals surface area contributed by atoms with Crippen molar-refractivity contribution in [3.8, 4) is 11.5 Å². The Hall–Kier alpha value is -4.96. The summed E-state index contributed by atoms with van der Waals surface area (Å²) in [6.45, 7) is 5.48. The molecule has 2 amide bonds. The molecule has 0 aromatic heterocycles. The molecule has 390 valence electrons. The minimum atomic E-state index is -0.344. The first-order valence-electron chi connectivity index (χ1n) is 25.3. The quantitative estimate of drug-likeness (QED) is 0.0265. The number of hydrogen-bond donors (Lipinski definition) is 4. The van der Waals surface area contributed by atoms with Gasteiger partial charge in [0, 0.05) is 64.0 Å². The monoisotopic (exact) mass is 1070 g/mol. The number of nitrogens with one attached hydrogen (secondary N) is 4. The third-order valence-corrected chi connectivity index (χ3v) is 14.0. The van der Waals surface area contributed by atoms with Crippen molar-refractivity contribution >= 4 is 92.9 Å². The minimum Gasteiger partial charge on any atom is -0.494 e. The molecule has 0 spiro atoms. The summed E-state index contributed by atoms with van der Waals surface area (Å²) in [4.78, 5) is 54.3. The third kappa shape index (κ3) is 18.5. The molecular weight excluding hydrogens is 1000 g/mol. The first-order chi connectivity index (χ1) is 35.1. The molecule has 2 heterocycles. The largest absolute Gasteiger partial charge is 0.494 e. The van der Waals surface area contributed by atoms with Gasteiger partial charge in [-0.2, -0.15) is 0 Å². The van der Waals surface area contributed by atoms with Crippen LogP contribution in [0.5, 0.6) is 11.5 Å². The number of carbonyl (C=O) groups excluding carboxylic acids is 4. The Balaban J connectivity index is 0.773. The number of nitrogens with zero attached hydrogens (tertiary/aromatic N) is 2. The van der Waals surface area contributed by atoms with Crippen molar-refractivity contribution < 1.29 is 38.1 Å². The Bertz CT molecular complexity index is 2230. The highest BCUT2D eigenvalue weighted by atomic mass is 35.5. The maximum Gasteiger partial charge on any atom is 0.307 e. The van der Waals surface area contributed by atoms with Crippen LogP contribution in [-0.4, -0.2) is 89.7 Å². The third-order valence-electron chi connectivity index (χ3n) is 12.4. The fraction of sp³-hybridized carbons (Fsp3) is 0.481. The first kappa shape index (κ1) is 56.3. The molecule has 18 heteroatoms. The van der Waals surface area contributed by atoms with Gasteiger partial charge in [0.1, 0.15) is 11.5 Å². The Morgan fingerprint density at radius 2 is 0.917 bits per heavy atom. The van der Waals surface area contributed by atoms with E-state index in [9.17, 15) is 19.2 Å². The molecule has 4 aromatic rings. The molecule has 4 N–H and O–H groups in total. The van der Waals surface area contributed by atoms with Gasteiger partial charge in [-0.3, -0.25) is 29.0 Å². The maximum atomic E-state index is 12.9. The Labute approximate surface area is 444 Å². The zero-order chi connectivity index (χ0) is 50.9. The highest BCUT2D eigenvalue weighted by Crippen LogP contribution is 2.34. The van der Waals surface area contributed by atoms with E-state index >= 15 is 0 Å². The van der Waals surface area contributed by atoms with Crippen LogP contribution in [0.2, 0.25) is 20.1 Å². The first-order valence-corrected chi connectivity index (χ1v) is 26.8. The summed E-state index contributed by atoms with van der Waals surface area (Å²) in [7, 11) is 0. The molecule has 2 aliphatic rings. The van der Waals surface area contributed by atoms with E-state index in [1.54, 1.807) is 12.1 Å². The molecule has 2 aliphatic heterocycles. The lowest BCUT2D eigenvalue weighted by molar-refractivity contribution is -0.145. The van der Waals surface area contributed by atoms with Gasteiger partial charge < -0.3 is 40.2 Å². The summed E-state index contributed by atoms with van der Waals surface area (Å²) >= 11 is 24.6. The van der Waals surface area contributed by atoms with Crippen LogP contribution in [0.1, 0.15) is 101 Å². The molecule has 0 saturated carbocycles. The number of esters is 2. The highest BCUT2D eigenvalue weighted by Gasteiger charge is 2.27. The second-order valence-corrected chi connectivity index (χ2v) is 19.4. The summed E-state index contributed by atoms with van der Waals surface area (Å²) in [5.74, 6) is 0.475. The lowest BCUT2D eigenvalue weighted by atomic mass is 10.0. The van der Waals surface area contributed by atoms with Crippen molar-refractivity contribution in [2.75, 3.05) is 86.4 Å². The number of halogens is 4. The zero-order valence-electron chi connectivity index (χ0n) is 41.0. The molecule has 72 heavy (non-hydrogen) atoms. The van der Waals surface area contributed by atoms with Crippen molar-refractivity contribution in [1.29, 1.82) is 0 Å². The van der Waals surface area contributed by atoms with Crippen LogP contribution in [0.3, 0.4) is 0 Å². The van der Waals surface area contributed by atoms with Crippen LogP contribution in [0.4, 0.5) is 22.7 Å². The number of aryl methyl sites for hydroxylation is 2. The standard InChI is InChI=1S/C54H68Cl4N6O8/c55-43-13-11-15-45(53(43)57)61-31-29-59-27-7-9-33-69-41-23-19-39-21-25-49(65)63(47(39)35-41)37-71-51(67)17-5-3-1-2-4-6-18-52(68)72-38-64-48-36-42(24-20-40(48)22-26-50(64)66)70-34-10-8-28-60-30-32-62-46-16-12-14-44(56)54(46)58/h11-16,19-20,23-24,35-36,59-62H,1-10,17-18,21-22,25-34,37-38H2. The fourth-order valence-corrected chi connectivity index (χ4v) is 9.08. The summed E-state index contributed by atoms with van der Waals surface area (Å²) in [5, 5.41) is 15.5. The smallest absolute Gasteiger partial charge is 0.307 e. The lowest BCUT2D eigenvalue weighted by Gasteiger charge is -2.29. The fourth-order valence-electron chi connectivity index (χ4n) is 8.35. The van der Waals surface area contributed by atoms with E-state index in [1.807, 2.05) is 60.7 Å². The van der Waals surface area contributed by atoms with Crippen molar-refractivity contribution in [1.82, 2.24) is 10.6 Å². The van der Waals surface area contributed by atoms with E-state index in [-0.39, 0.29) is 50.1 Å². The lowest BCUT2D eigenvalue weighted by Crippen LogP contribution is -2.37.